The Morgan fingerprint density at radius 1 is 1.22 bits per heavy atom. The molecule has 0 atom stereocenters. The maximum Gasteiger partial charge on any atom is 0.332 e. The fourth-order valence-electron chi connectivity index (χ4n) is 3.22. The number of fused-ring (bicyclic) bond motifs is 1. The van der Waals surface area contributed by atoms with Crippen molar-refractivity contribution in [1.29, 1.82) is 0 Å². The van der Waals surface area contributed by atoms with E-state index in [1.165, 1.54) is 9.13 Å². The van der Waals surface area contributed by atoms with Crippen molar-refractivity contribution in [2.75, 3.05) is 0 Å². The summed E-state index contributed by atoms with van der Waals surface area (Å²) in [5.41, 5.74) is 0.355. The second kappa shape index (κ2) is 6.16. The molecule has 0 aliphatic heterocycles. The zero-order valence-corrected chi connectivity index (χ0v) is 15.7. The molecule has 0 radical (unpaired) electrons. The number of imidazole rings is 1. The summed E-state index contributed by atoms with van der Waals surface area (Å²) >= 11 is 0. The summed E-state index contributed by atoms with van der Waals surface area (Å²) in [4.78, 5) is 34.3. The Labute approximate surface area is 155 Å². The van der Waals surface area contributed by atoms with Gasteiger partial charge in [0, 0.05) is 25.4 Å². The summed E-state index contributed by atoms with van der Waals surface area (Å²) in [6.07, 6.45) is 5.54. The van der Waals surface area contributed by atoms with Crippen LogP contribution in [-0.4, -0.2) is 28.8 Å². The lowest BCUT2D eigenvalue weighted by Gasteiger charge is -2.17. The molecule has 0 amide bonds. The Morgan fingerprint density at radius 2 is 1.96 bits per heavy atom. The highest BCUT2D eigenvalue weighted by Gasteiger charge is 2.24. The number of hydrogen-bond donors (Lipinski definition) is 1. The molecule has 0 spiro atoms. The predicted octanol–water partition coefficient (Wildman–Crippen LogP) is 0.977. The Balaban J connectivity index is 1.77. The highest BCUT2D eigenvalue weighted by atomic mass is 16.3. The molecule has 1 saturated carbocycles. The minimum absolute atomic E-state index is 0.0716. The molecular formula is C19H23N5O3. The number of nitrogens with zero attached hydrogens (tertiary/aromatic N) is 5. The first-order chi connectivity index (χ1) is 12.8. The van der Waals surface area contributed by atoms with Crippen LogP contribution >= 0.6 is 0 Å². The van der Waals surface area contributed by atoms with E-state index in [4.69, 9.17) is 0 Å². The van der Waals surface area contributed by atoms with Gasteiger partial charge >= 0.3 is 5.69 Å². The zero-order chi connectivity index (χ0) is 19.3. The van der Waals surface area contributed by atoms with Gasteiger partial charge in [0.2, 0.25) is 0 Å². The molecule has 1 N–H and O–H groups in total. The fraction of sp³-hybridized carbons (Fsp3) is 0.474. The van der Waals surface area contributed by atoms with Crippen LogP contribution in [0.4, 0.5) is 0 Å². The minimum atomic E-state index is -0.993. The van der Waals surface area contributed by atoms with Crippen LogP contribution in [0, 0.1) is 5.92 Å². The van der Waals surface area contributed by atoms with Gasteiger partial charge in [0.15, 0.2) is 11.2 Å². The molecule has 3 aromatic rings. The van der Waals surface area contributed by atoms with E-state index < -0.39 is 11.3 Å². The average molecular weight is 369 g/mol. The van der Waals surface area contributed by atoms with Crippen LogP contribution in [0.1, 0.15) is 37.9 Å². The van der Waals surface area contributed by atoms with Gasteiger partial charge < -0.3 is 9.67 Å². The van der Waals surface area contributed by atoms with E-state index in [-0.39, 0.29) is 12.1 Å². The molecule has 1 aliphatic rings. The highest BCUT2D eigenvalue weighted by molar-refractivity contribution is 5.70. The second-order valence-corrected chi connectivity index (χ2v) is 7.84. The molecule has 0 unspecified atom stereocenters. The molecule has 0 saturated heterocycles. The molecule has 27 heavy (non-hydrogen) atoms. The second-order valence-electron chi connectivity index (χ2n) is 7.84. The van der Waals surface area contributed by atoms with Gasteiger partial charge in [-0.15, -0.1) is 0 Å². The zero-order valence-electron chi connectivity index (χ0n) is 15.7. The standard InChI is InChI=1S/C19H23N5O3/c1-19(2,27)13-6-7-14(20-8-13)10-24-17(25)15-16(22(3)18(24)26)21-11-23(15)9-12-4-5-12/h6-8,11-12,27H,4-5,9-10H2,1-3H3. The third kappa shape index (κ3) is 3.21. The van der Waals surface area contributed by atoms with Crippen molar-refractivity contribution in [2.45, 2.75) is 45.4 Å². The van der Waals surface area contributed by atoms with Crippen LogP contribution in [0.15, 0.2) is 34.2 Å². The first-order valence-corrected chi connectivity index (χ1v) is 9.08. The smallest absolute Gasteiger partial charge is 0.332 e. The van der Waals surface area contributed by atoms with Gasteiger partial charge in [-0.2, -0.15) is 0 Å². The minimum Gasteiger partial charge on any atom is -0.386 e. The highest BCUT2D eigenvalue weighted by Crippen LogP contribution is 2.31. The largest absolute Gasteiger partial charge is 0.386 e. The molecule has 1 aliphatic carbocycles. The van der Waals surface area contributed by atoms with Gasteiger partial charge in [-0.05, 0) is 38.7 Å². The van der Waals surface area contributed by atoms with Crippen molar-refractivity contribution in [2.24, 2.45) is 13.0 Å². The van der Waals surface area contributed by atoms with E-state index in [1.54, 1.807) is 45.6 Å². The predicted molar refractivity (Wildman–Crippen MR) is 101 cm³/mol. The van der Waals surface area contributed by atoms with Crippen molar-refractivity contribution in [3.05, 3.63) is 56.8 Å². The third-order valence-corrected chi connectivity index (χ3v) is 5.10. The van der Waals surface area contributed by atoms with Gasteiger partial charge in [-0.1, -0.05) is 6.07 Å². The molecule has 8 heteroatoms. The summed E-state index contributed by atoms with van der Waals surface area (Å²) in [7, 11) is 1.62. The Morgan fingerprint density at radius 3 is 2.56 bits per heavy atom. The van der Waals surface area contributed by atoms with E-state index in [2.05, 4.69) is 9.97 Å². The van der Waals surface area contributed by atoms with Gasteiger partial charge in [-0.25, -0.2) is 9.78 Å². The van der Waals surface area contributed by atoms with Crippen LogP contribution in [0.3, 0.4) is 0 Å². The molecule has 1 fully saturated rings. The van der Waals surface area contributed by atoms with Crippen LogP contribution in [0.25, 0.3) is 11.2 Å². The van der Waals surface area contributed by atoms with Crippen molar-refractivity contribution < 1.29 is 5.11 Å². The van der Waals surface area contributed by atoms with Crippen molar-refractivity contribution in [3.63, 3.8) is 0 Å². The quantitative estimate of drug-likeness (QED) is 0.723. The van der Waals surface area contributed by atoms with Gasteiger partial charge in [0.05, 0.1) is 24.2 Å². The Bertz CT molecular complexity index is 1110. The number of aromatic nitrogens is 5. The normalized spacial score (nSPS) is 14.8. The first kappa shape index (κ1) is 17.7. The summed E-state index contributed by atoms with van der Waals surface area (Å²) in [5, 5.41) is 10.0. The number of hydrogen-bond acceptors (Lipinski definition) is 5. The van der Waals surface area contributed by atoms with Crippen molar-refractivity contribution in [3.8, 4) is 0 Å². The van der Waals surface area contributed by atoms with E-state index >= 15 is 0 Å². The molecule has 142 valence electrons. The summed E-state index contributed by atoms with van der Waals surface area (Å²) in [6, 6.07) is 3.48. The van der Waals surface area contributed by atoms with Gasteiger partial charge in [-0.3, -0.25) is 18.9 Å². The maximum absolute atomic E-state index is 13.0. The van der Waals surface area contributed by atoms with Crippen LogP contribution < -0.4 is 11.2 Å². The maximum atomic E-state index is 13.0. The molecule has 8 nitrogen and oxygen atoms in total. The molecule has 0 bridgehead atoms. The Kier molecular flexibility index (Phi) is 4.03. The number of aryl methyl sites for hydroxylation is 1. The summed E-state index contributed by atoms with van der Waals surface area (Å²) < 4.78 is 4.46. The van der Waals surface area contributed by atoms with Crippen molar-refractivity contribution in [1.82, 2.24) is 23.7 Å². The molecule has 3 heterocycles. The lowest BCUT2D eigenvalue weighted by molar-refractivity contribution is 0.0782. The summed E-state index contributed by atoms with van der Waals surface area (Å²) in [5.74, 6) is 0.587. The van der Waals surface area contributed by atoms with E-state index in [9.17, 15) is 14.7 Å². The molecule has 3 aromatic heterocycles. The lowest BCUT2D eigenvalue weighted by Crippen LogP contribution is -2.40. The van der Waals surface area contributed by atoms with E-state index in [0.717, 1.165) is 19.4 Å². The van der Waals surface area contributed by atoms with Crippen LogP contribution in [0.2, 0.25) is 0 Å². The van der Waals surface area contributed by atoms with E-state index in [0.29, 0.717) is 28.3 Å². The van der Waals surface area contributed by atoms with Crippen molar-refractivity contribution >= 4 is 11.2 Å². The van der Waals surface area contributed by atoms with Crippen LogP contribution in [0.5, 0.6) is 0 Å². The van der Waals surface area contributed by atoms with Gasteiger partial charge in [0.25, 0.3) is 5.56 Å². The topological polar surface area (TPSA) is 94.9 Å². The molecule has 4 rings (SSSR count). The van der Waals surface area contributed by atoms with E-state index in [1.807, 2.05) is 4.57 Å². The number of pyridine rings is 1. The fourth-order valence-corrected chi connectivity index (χ4v) is 3.22. The summed E-state index contributed by atoms with van der Waals surface area (Å²) in [6.45, 7) is 4.18. The SMILES string of the molecule is Cn1c(=O)n(Cc2ccc(C(C)(C)O)cn2)c(=O)c2c1ncn2CC1CC1. The third-order valence-electron chi connectivity index (χ3n) is 5.10. The first-order valence-electron chi connectivity index (χ1n) is 9.08. The number of rotatable bonds is 5. The van der Waals surface area contributed by atoms with Crippen LogP contribution in [-0.2, 0) is 25.7 Å². The monoisotopic (exact) mass is 369 g/mol. The lowest BCUT2D eigenvalue weighted by atomic mass is 10.0. The van der Waals surface area contributed by atoms with Gasteiger partial charge in [0.1, 0.15) is 0 Å². The Hall–Kier alpha value is -2.74. The molecular weight excluding hydrogens is 346 g/mol. The molecule has 0 aromatic carbocycles. The number of aliphatic hydroxyl groups is 1. The average Bonchev–Trinajstić information content (AvgIpc) is 3.33.